The van der Waals surface area contributed by atoms with E-state index < -0.39 is 0 Å². The molecule has 0 aromatic heterocycles. The van der Waals surface area contributed by atoms with Crippen LogP contribution in [0.15, 0.2) is 0 Å². The molecule has 1 saturated heterocycles. The first-order chi connectivity index (χ1) is 7.29. The molecule has 0 saturated carbocycles. The maximum absolute atomic E-state index is 5.53. The molecule has 0 spiro atoms. The summed E-state index contributed by atoms with van der Waals surface area (Å²) >= 11 is 0. The average molecular weight is 214 g/mol. The Labute approximate surface area is 94.0 Å². The van der Waals surface area contributed by atoms with Gasteiger partial charge in [-0.3, -0.25) is 0 Å². The van der Waals surface area contributed by atoms with Crippen LogP contribution in [0.1, 0.15) is 33.1 Å². The Kier molecular flexibility index (Phi) is 6.98. The van der Waals surface area contributed by atoms with Gasteiger partial charge in [0.05, 0.1) is 6.61 Å². The minimum Gasteiger partial charge on any atom is -0.380 e. The number of hydrogen-bond donors (Lipinski definition) is 2. The quantitative estimate of drug-likeness (QED) is 0.599. The Morgan fingerprint density at radius 1 is 1.40 bits per heavy atom. The molecular weight excluding hydrogens is 188 g/mol. The van der Waals surface area contributed by atoms with Gasteiger partial charge in [0, 0.05) is 25.7 Å². The van der Waals surface area contributed by atoms with Crippen LogP contribution in [-0.2, 0) is 4.74 Å². The molecule has 1 aliphatic heterocycles. The van der Waals surface area contributed by atoms with E-state index in [0.29, 0.717) is 6.04 Å². The molecule has 90 valence electrons. The summed E-state index contributed by atoms with van der Waals surface area (Å²) in [6.45, 7) is 9.47. The standard InChI is InChI=1S/C12H26N2O/c1-11(2)5-8-15-9-7-13-10-12-4-3-6-14-12/h11-14H,3-10H2,1-2H3. The lowest BCUT2D eigenvalue weighted by molar-refractivity contribution is 0.125. The van der Waals surface area contributed by atoms with Crippen LogP contribution in [-0.4, -0.2) is 38.9 Å². The third kappa shape index (κ3) is 6.88. The molecule has 0 radical (unpaired) electrons. The topological polar surface area (TPSA) is 33.3 Å². The number of ether oxygens (including phenoxy) is 1. The Bertz CT molecular complexity index is 145. The fourth-order valence-electron chi connectivity index (χ4n) is 1.77. The number of hydrogen-bond acceptors (Lipinski definition) is 3. The predicted octanol–water partition coefficient (Wildman–Crippen LogP) is 1.39. The smallest absolute Gasteiger partial charge is 0.0590 e. The monoisotopic (exact) mass is 214 g/mol. The summed E-state index contributed by atoms with van der Waals surface area (Å²) < 4.78 is 5.53. The molecule has 1 rings (SSSR count). The maximum atomic E-state index is 5.53. The minimum atomic E-state index is 0.695. The van der Waals surface area contributed by atoms with E-state index in [-0.39, 0.29) is 0 Å². The normalized spacial score (nSPS) is 21.4. The maximum Gasteiger partial charge on any atom is 0.0590 e. The molecule has 1 fully saturated rings. The Balaban J connectivity index is 1.76. The summed E-state index contributed by atoms with van der Waals surface area (Å²) in [4.78, 5) is 0. The van der Waals surface area contributed by atoms with Crippen molar-refractivity contribution in [1.82, 2.24) is 10.6 Å². The second-order valence-electron chi connectivity index (χ2n) is 4.79. The van der Waals surface area contributed by atoms with Crippen LogP contribution < -0.4 is 10.6 Å². The highest BCUT2D eigenvalue weighted by molar-refractivity contribution is 4.75. The second kappa shape index (κ2) is 8.08. The molecule has 0 aromatic carbocycles. The van der Waals surface area contributed by atoms with Gasteiger partial charge in [-0.2, -0.15) is 0 Å². The molecule has 15 heavy (non-hydrogen) atoms. The van der Waals surface area contributed by atoms with Gasteiger partial charge in [-0.05, 0) is 31.7 Å². The van der Waals surface area contributed by atoms with E-state index in [1.807, 2.05) is 0 Å². The molecule has 1 heterocycles. The van der Waals surface area contributed by atoms with Gasteiger partial charge >= 0.3 is 0 Å². The lowest BCUT2D eigenvalue weighted by Crippen LogP contribution is -2.35. The van der Waals surface area contributed by atoms with E-state index in [2.05, 4.69) is 24.5 Å². The first-order valence-corrected chi connectivity index (χ1v) is 6.31. The van der Waals surface area contributed by atoms with Crippen LogP contribution >= 0.6 is 0 Å². The van der Waals surface area contributed by atoms with Gasteiger partial charge in [0.15, 0.2) is 0 Å². The first kappa shape index (κ1) is 12.9. The molecule has 1 unspecified atom stereocenters. The highest BCUT2D eigenvalue weighted by Crippen LogP contribution is 2.02. The van der Waals surface area contributed by atoms with Gasteiger partial charge in [-0.1, -0.05) is 13.8 Å². The predicted molar refractivity (Wildman–Crippen MR) is 64.2 cm³/mol. The second-order valence-corrected chi connectivity index (χ2v) is 4.79. The van der Waals surface area contributed by atoms with Crippen LogP contribution in [0.3, 0.4) is 0 Å². The fourth-order valence-corrected chi connectivity index (χ4v) is 1.77. The highest BCUT2D eigenvalue weighted by Gasteiger charge is 2.12. The Morgan fingerprint density at radius 2 is 2.27 bits per heavy atom. The average Bonchev–Trinajstić information content (AvgIpc) is 2.68. The first-order valence-electron chi connectivity index (χ1n) is 6.31. The van der Waals surface area contributed by atoms with E-state index in [9.17, 15) is 0 Å². The van der Waals surface area contributed by atoms with Crippen molar-refractivity contribution in [2.24, 2.45) is 5.92 Å². The van der Waals surface area contributed by atoms with E-state index >= 15 is 0 Å². The number of nitrogens with one attached hydrogen (secondary N) is 2. The number of rotatable bonds is 8. The van der Waals surface area contributed by atoms with E-state index in [1.54, 1.807) is 0 Å². The third-order valence-corrected chi connectivity index (χ3v) is 2.82. The summed E-state index contributed by atoms with van der Waals surface area (Å²) in [6, 6.07) is 0.695. The zero-order chi connectivity index (χ0) is 10.9. The van der Waals surface area contributed by atoms with Gasteiger partial charge in [-0.15, -0.1) is 0 Å². The van der Waals surface area contributed by atoms with Crippen LogP contribution in [0.5, 0.6) is 0 Å². The Hall–Kier alpha value is -0.120. The molecule has 3 nitrogen and oxygen atoms in total. The molecular formula is C12H26N2O. The summed E-state index contributed by atoms with van der Waals surface area (Å²) in [5.41, 5.74) is 0. The summed E-state index contributed by atoms with van der Waals surface area (Å²) in [5.74, 6) is 0.751. The van der Waals surface area contributed by atoms with Crippen LogP contribution in [0, 0.1) is 5.92 Å². The SMILES string of the molecule is CC(C)CCOCCNCC1CCCN1. The molecule has 2 N–H and O–H groups in total. The van der Waals surface area contributed by atoms with Gasteiger partial charge < -0.3 is 15.4 Å². The molecule has 0 amide bonds. The van der Waals surface area contributed by atoms with E-state index in [4.69, 9.17) is 4.74 Å². The van der Waals surface area contributed by atoms with Crippen LogP contribution in [0.4, 0.5) is 0 Å². The summed E-state index contributed by atoms with van der Waals surface area (Å²) in [5, 5.41) is 6.90. The van der Waals surface area contributed by atoms with Crippen molar-refractivity contribution in [2.45, 2.75) is 39.2 Å². The van der Waals surface area contributed by atoms with Crippen molar-refractivity contribution in [3.05, 3.63) is 0 Å². The van der Waals surface area contributed by atoms with E-state index in [0.717, 1.165) is 32.2 Å². The molecule has 1 atom stereocenters. The van der Waals surface area contributed by atoms with Gasteiger partial charge in [0.1, 0.15) is 0 Å². The third-order valence-electron chi connectivity index (χ3n) is 2.82. The fraction of sp³-hybridized carbons (Fsp3) is 1.00. The van der Waals surface area contributed by atoms with Gasteiger partial charge in [0.25, 0.3) is 0 Å². The molecule has 1 aliphatic rings. The van der Waals surface area contributed by atoms with Crippen molar-refractivity contribution in [1.29, 1.82) is 0 Å². The molecule has 3 heteroatoms. The minimum absolute atomic E-state index is 0.695. The van der Waals surface area contributed by atoms with Gasteiger partial charge in [0.2, 0.25) is 0 Å². The van der Waals surface area contributed by atoms with E-state index in [1.165, 1.54) is 25.8 Å². The van der Waals surface area contributed by atoms with Crippen molar-refractivity contribution in [3.8, 4) is 0 Å². The van der Waals surface area contributed by atoms with Gasteiger partial charge in [-0.25, -0.2) is 0 Å². The lowest BCUT2D eigenvalue weighted by Gasteiger charge is -2.11. The molecule has 0 aliphatic carbocycles. The van der Waals surface area contributed by atoms with Crippen molar-refractivity contribution in [2.75, 3.05) is 32.8 Å². The summed E-state index contributed by atoms with van der Waals surface area (Å²) in [6.07, 6.45) is 3.82. The lowest BCUT2D eigenvalue weighted by atomic mass is 10.1. The molecule has 0 aromatic rings. The Morgan fingerprint density at radius 3 is 2.93 bits per heavy atom. The molecule has 0 bridgehead atoms. The zero-order valence-corrected chi connectivity index (χ0v) is 10.2. The largest absolute Gasteiger partial charge is 0.380 e. The van der Waals surface area contributed by atoms with Crippen LogP contribution in [0.2, 0.25) is 0 Å². The summed E-state index contributed by atoms with van der Waals surface area (Å²) in [7, 11) is 0. The van der Waals surface area contributed by atoms with Crippen molar-refractivity contribution >= 4 is 0 Å². The highest BCUT2D eigenvalue weighted by atomic mass is 16.5. The zero-order valence-electron chi connectivity index (χ0n) is 10.2. The van der Waals surface area contributed by atoms with Crippen LogP contribution in [0.25, 0.3) is 0 Å². The van der Waals surface area contributed by atoms with Crippen molar-refractivity contribution < 1.29 is 4.74 Å². The van der Waals surface area contributed by atoms with Crippen molar-refractivity contribution in [3.63, 3.8) is 0 Å².